The van der Waals surface area contributed by atoms with Crippen LogP contribution in [0.3, 0.4) is 0 Å². The Labute approximate surface area is 180 Å². The van der Waals surface area contributed by atoms with E-state index in [4.69, 9.17) is 10.5 Å². The number of fused-ring (bicyclic) bond motifs is 1. The van der Waals surface area contributed by atoms with Gasteiger partial charge in [0, 0.05) is 15.5 Å². The molecule has 1 heterocycles. The van der Waals surface area contributed by atoms with Crippen LogP contribution >= 0.6 is 23.1 Å². The van der Waals surface area contributed by atoms with Gasteiger partial charge in [-0.1, -0.05) is 13.8 Å². The second-order valence-corrected chi connectivity index (χ2v) is 9.73. The van der Waals surface area contributed by atoms with Gasteiger partial charge in [-0.3, -0.25) is 4.79 Å². The van der Waals surface area contributed by atoms with Crippen LogP contribution in [-0.2, 0) is 22.4 Å². The van der Waals surface area contributed by atoms with Crippen LogP contribution in [0.15, 0.2) is 29.2 Å². The molecule has 29 heavy (non-hydrogen) atoms. The fraction of sp³-hybridized carbons (Fsp3) is 0.455. The summed E-state index contributed by atoms with van der Waals surface area (Å²) in [6.07, 6.45) is 3.53. The van der Waals surface area contributed by atoms with Crippen LogP contribution in [0.5, 0.6) is 0 Å². The average molecular weight is 433 g/mol. The zero-order chi connectivity index (χ0) is 21.0. The molecule has 5 nitrogen and oxygen atoms in total. The SMILES string of the molecule is CCOC(=O)c1c(NC(=O)C(CC)Sc2ccc(N)cc2)sc2c1CCC(C)C2. The van der Waals surface area contributed by atoms with E-state index in [2.05, 4.69) is 12.2 Å². The first-order chi connectivity index (χ1) is 13.9. The number of thiophene rings is 1. The van der Waals surface area contributed by atoms with E-state index >= 15 is 0 Å². The Kier molecular flexibility index (Phi) is 7.24. The number of rotatable bonds is 7. The number of benzene rings is 1. The summed E-state index contributed by atoms with van der Waals surface area (Å²) in [4.78, 5) is 27.9. The standard InChI is InChI=1S/C22H28N2O3S2/c1-4-17(28-15-9-7-14(23)8-10-15)20(25)24-21-19(22(26)27-5-2)16-11-6-13(3)12-18(16)29-21/h7-10,13,17H,4-6,11-12,23H2,1-3H3,(H,24,25). The predicted octanol–water partition coefficient (Wildman–Crippen LogP) is 5.14. The van der Waals surface area contributed by atoms with Crippen molar-refractivity contribution in [2.24, 2.45) is 5.92 Å². The summed E-state index contributed by atoms with van der Waals surface area (Å²) in [5.74, 6) is 0.157. The molecule has 0 radical (unpaired) electrons. The van der Waals surface area contributed by atoms with E-state index in [1.807, 2.05) is 31.2 Å². The van der Waals surface area contributed by atoms with Crippen molar-refractivity contribution in [3.05, 3.63) is 40.3 Å². The minimum Gasteiger partial charge on any atom is -0.462 e. The molecule has 156 valence electrons. The monoisotopic (exact) mass is 432 g/mol. The summed E-state index contributed by atoms with van der Waals surface area (Å²) in [5, 5.41) is 3.41. The van der Waals surface area contributed by atoms with Crippen LogP contribution in [0.4, 0.5) is 10.7 Å². The quantitative estimate of drug-likeness (QED) is 0.360. The number of carbonyl (C=O) groups excluding carboxylic acids is 2. The molecule has 1 aliphatic rings. The largest absolute Gasteiger partial charge is 0.462 e. The highest BCUT2D eigenvalue weighted by atomic mass is 32.2. The van der Waals surface area contributed by atoms with Gasteiger partial charge in [-0.2, -0.15) is 0 Å². The third-order valence-electron chi connectivity index (χ3n) is 5.05. The van der Waals surface area contributed by atoms with Crippen LogP contribution in [0.2, 0.25) is 0 Å². The van der Waals surface area contributed by atoms with E-state index in [1.165, 1.54) is 28.0 Å². The first-order valence-electron chi connectivity index (χ1n) is 10.1. The lowest BCUT2D eigenvalue weighted by atomic mass is 9.88. The number of anilines is 2. The average Bonchev–Trinajstić information content (AvgIpc) is 3.04. The Morgan fingerprint density at radius 2 is 2.03 bits per heavy atom. The normalized spacial score (nSPS) is 16.7. The lowest BCUT2D eigenvalue weighted by molar-refractivity contribution is -0.115. The van der Waals surface area contributed by atoms with E-state index in [-0.39, 0.29) is 17.1 Å². The first-order valence-corrected chi connectivity index (χ1v) is 11.8. The van der Waals surface area contributed by atoms with E-state index in [0.29, 0.717) is 35.2 Å². The molecule has 7 heteroatoms. The lowest BCUT2D eigenvalue weighted by Gasteiger charge is -2.18. The highest BCUT2D eigenvalue weighted by Crippen LogP contribution is 2.40. The van der Waals surface area contributed by atoms with Crippen molar-refractivity contribution in [1.29, 1.82) is 0 Å². The smallest absolute Gasteiger partial charge is 0.341 e. The van der Waals surface area contributed by atoms with Crippen LogP contribution in [0, 0.1) is 5.92 Å². The molecule has 1 aliphatic carbocycles. The van der Waals surface area contributed by atoms with Crippen LogP contribution in [0.1, 0.15) is 54.4 Å². The van der Waals surface area contributed by atoms with Gasteiger partial charge < -0.3 is 15.8 Å². The van der Waals surface area contributed by atoms with E-state index in [1.54, 1.807) is 6.92 Å². The van der Waals surface area contributed by atoms with E-state index in [0.717, 1.165) is 29.7 Å². The van der Waals surface area contributed by atoms with Crippen LogP contribution < -0.4 is 11.1 Å². The zero-order valence-corrected chi connectivity index (χ0v) is 18.8. The maximum Gasteiger partial charge on any atom is 0.341 e. The first kappa shape index (κ1) is 21.7. The number of thioether (sulfide) groups is 1. The molecule has 0 saturated carbocycles. The number of ether oxygens (including phenoxy) is 1. The number of nitrogen functional groups attached to an aromatic ring is 1. The fourth-order valence-electron chi connectivity index (χ4n) is 3.48. The van der Waals surface area contributed by atoms with Crippen molar-refractivity contribution in [1.82, 2.24) is 0 Å². The Bertz CT molecular complexity index is 877. The lowest BCUT2D eigenvalue weighted by Crippen LogP contribution is -2.25. The molecule has 1 aromatic carbocycles. The molecule has 1 amide bonds. The van der Waals surface area contributed by atoms with Gasteiger partial charge in [0.1, 0.15) is 5.00 Å². The van der Waals surface area contributed by atoms with Crippen LogP contribution in [-0.4, -0.2) is 23.7 Å². The van der Waals surface area contributed by atoms with E-state index < -0.39 is 0 Å². The van der Waals surface area contributed by atoms with Gasteiger partial charge in [0.15, 0.2) is 0 Å². The third-order valence-corrected chi connectivity index (χ3v) is 7.60. The summed E-state index contributed by atoms with van der Waals surface area (Å²) in [7, 11) is 0. The Hall–Kier alpha value is -1.99. The van der Waals surface area contributed by atoms with Gasteiger partial charge in [-0.25, -0.2) is 4.79 Å². The van der Waals surface area contributed by atoms with Crippen molar-refractivity contribution in [2.45, 2.75) is 56.6 Å². The molecule has 3 rings (SSSR count). The molecule has 2 aromatic rings. The molecule has 2 atom stereocenters. The summed E-state index contributed by atoms with van der Waals surface area (Å²) in [6, 6.07) is 7.51. The van der Waals surface area contributed by atoms with Crippen molar-refractivity contribution in [3.8, 4) is 0 Å². The molecule has 2 unspecified atom stereocenters. The molecule has 3 N–H and O–H groups in total. The van der Waals surface area contributed by atoms with E-state index in [9.17, 15) is 9.59 Å². The molecular weight excluding hydrogens is 404 g/mol. The van der Waals surface area contributed by atoms with Gasteiger partial charge in [-0.15, -0.1) is 23.1 Å². The highest BCUT2D eigenvalue weighted by Gasteiger charge is 2.30. The van der Waals surface area contributed by atoms with Crippen molar-refractivity contribution < 1.29 is 14.3 Å². The molecule has 0 fully saturated rings. The highest BCUT2D eigenvalue weighted by molar-refractivity contribution is 8.00. The van der Waals surface area contributed by atoms with Crippen molar-refractivity contribution in [3.63, 3.8) is 0 Å². The number of hydrogen-bond donors (Lipinski definition) is 2. The van der Waals surface area contributed by atoms with Crippen LogP contribution in [0.25, 0.3) is 0 Å². The fourth-order valence-corrected chi connectivity index (χ4v) is 5.84. The summed E-state index contributed by atoms with van der Waals surface area (Å²) in [6.45, 7) is 6.33. The second kappa shape index (κ2) is 9.67. The Balaban J connectivity index is 1.82. The number of hydrogen-bond acceptors (Lipinski definition) is 6. The summed E-state index contributed by atoms with van der Waals surface area (Å²) in [5.41, 5.74) is 8.06. The predicted molar refractivity (Wildman–Crippen MR) is 121 cm³/mol. The molecule has 0 spiro atoms. The number of carbonyl (C=O) groups is 2. The summed E-state index contributed by atoms with van der Waals surface area (Å²) >= 11 is 3.03. The van der Waals surface area contributed by atoms with Gasteiger partial charge in [-0.05, 0) is 68.4 Å². The topological polar surface area (TPSA) is 81.4 Å². The van der Waals surface area contributed by atoms with Gasteiger partial charge in [0.2, 0.25) is 5.91 Å². The molecule has 1 aromatic heterocycles. The van der Waals surface area contributed by atoms with Crippen molar-refractivity contribution >= 4 is 45.7 Å². The molecular formula is C22H28N2O3S2. The Morgan fingerprint density at radius 3 is 2.69 bits per heavy atom. The van der Waals surface area contributed by atoms with Crippen molar-refractivity contribution in [2.75, 3.05) is 17.7 Å². The minimum atomic E-state index is -0.339. The van der Waals surface area contributed by atoms with Gasteiger partial charge >= 0.3 is 5.97 Å². The van der Waals surface area contributed by atoms with Gasteiger partial charge in [0.05, 0.1) is 17.4 Å². The minimum absolute atomic E-state index is 0.0912. The number of amides is 1. The molecule has 0 saturated heterocycles. The number of nitrogens with two attached hydrogens (primary N) is 1. The molecule has 0 aliphatic heterocycles. The summed E-state index contributed by atoms with van der Waals surface area (Å²) < 4.78 is 5.29. The van der Waals surface area contributed by atoms with Gasteiger partial charge in [0.25, 0.3) is 0 Å². The number of nitrogens with one attached hydrogen (secondary N) is 1. The zero-order valence-electron chi connectivity index (χ0n) is 17.1. The maximum atomic E-state index is 13.0. The maximum absolute atomic E-state index is 13.0. The molecule has 0 bridgehead atoms. The Morgan fingerprint density at radius 1 is 1.31 bits per heavy atom. The number of esters is 1. The second-order valence-electron chi connectivity index (χ2n) is 7.35. The third kappa shape index (κ3) is 5.14.